The molecule has 0 bridgehead atoms. The quantitative estimate of drug-likeness (QED) is 0.141. The Kier molecular flexibility index (Phi) is 13.7. The maximum absolute atomic E-state index is 2.72. The summed E-state index contributed by atoms with van der Waals surface area (Å²) in [7, 11) is 0. The van der Waals surface area contributed by atoms with Crippen LogP contribution in [0.1, 0.15) is 79.0 Å². The molecule has 2 aliphatic heterocycles. The van der Waals surface area contributed by atoms with Gasteiger partial charge in [0.2, 0.25) is 0 Å². The topological polar surface area (TPSA) is 21.3 Å². The van der Waals surface area contributed by atoms with Crippen LogP contribution in [-0.2, 0) is 16.2 Å². The summed E-state index contributed by atoms with van der Waals surface area (Å²) in [6.45, 7) is 21.1. The molecular weight excluding hydrogens is 1230 g/mol. The van der Waals surface area contributed by atoms with E-state index in [0.29, 0.717) is 0 Å². The first-order chi connectivity index (χ1) is 49.5. The number of para-hydroxylation sites is 5. The van der Waals surface area contributed by atoms with E-state index in [1.807, 2.05) is 0 Å². The van der Waals surface area contributed by atoms with E-state index < -0.39 is 0 Å². The number of rotatable bonds is 8. The molecule has 14 aromatic carbocycles. The van der Waals surface area contributed by atoms with Crippen LogP contribution in [0.3, 0.4) is 0 Å². The van der Waals surface area contributed by atoms with Gasteiger partial charge in [-0.2, -0.15) is 0 Å². The summed E-state index contributed by atoms with van der Waals surface area (Å²) < 4.78 is 7.47. The number of nitrogens with zero attached hydrogens (tertiary/aromatic N) is 5. The van der Waals surface area contributed by atoms with Crippen molar-refractivity contribution in [3.05, 3.63) is 326 Å². The van der Waals surface area contributed by atoms with E-state index >= 15 is 0 Å². The molecule has 0 N–H and O–H groups in total. The molecule has 0 spiro atoms. The van der Waals surface area contributed by atoms with Crippen molar-refractivity contribution < 1.29 is 0 Å². The summed E-state index contributed by atoms with van der Waals surface area (Å²) in [4.78, 5) is 5.40. The van der Waals surface area contributed by atoms with Crippen molar-refractivity contribution in [2.24, 2.45) is 0 Å². The molecule has 17 aromatic rings. The van der Waals surface area contributed by atoms with Gasteiger partial charge in [-0.1, -0.05) is 263 Å². The Balaban J connectivity index is 0.944. The van der Waals surface area contributed by atoms with Crippen molar-refractivity contribution in [2.45, 2.75) is 78.6 Å². The van der Waals surface area contributed by atoms with E-state index in [1.165, 1.54) is 121 Å². The standard InChI is InChI=1S/C96H78BN5/c1-94(2,3)64-45-51-86(75(53-64)61-29-13-10-14-30-61)101-88-59-68(100-85-44-28-23-39-74(85)78-58-67(48-52-87(78)100)98-81-40-24-19-35-70(81)71-36-20-25-41-82(71)98)46-49-79(88)97-80-50-47-69(99-83-42-26-21-37-72(83)73-38-22-27-43-84(73)99)60-89(80)102(91-57-66(96(7,8)9)56-90(101)92(91)97)93-76(62-31-15-11-16-32-62)54-65(95(4,5)6)55-77(93)63-33-17-12-18-34-63/h10-60H,1-9H3. The molecule has 0 atom stereocenters. The molecule has 19 rings (SSSR count). The van der Waals surface area contributed by atoms with Gasteiger partial charge in [0.25, 0.3) is 6.71 Å². The second-order valence-electron chi connectivity index (χ2n) is 31.3. The fraction of sp³-hybridized carbons (Fsp3) is 0.125. The fourth-order valence-electron chi connectivity index (χ4n) is 17.0. The number of hydrogen-bond acceptors (Lipinski definition) is 2. The molecule has 0 saturated carbocycles. The monoisotopic (exact) mass is 1310 g/mol. The SMILES string of the molecule is CC(C)(C)c1ccc(N2c3cc(-n4c5ccccc5c5cc(-n6c7ccccc7c7ccccc76)ccc54)ccc3B3c4ccc(-n5c6ccccc6c6ccccc65)cc4N(c4c(-c5ccccc5)cc(C(C)(C)C)cc4-c4ccccc4)c4cc(C(C)(C)C)cc2c43)c(-c2ccccc2)c1. The Hall–Kier alpha value is -11.9. The molecular formula is C96H78BN5. The van der Waals surface area contributed by atoms with Crippen LogP contribution in [-0.4, -0.2) is 20.4 Å². The first kappa shape index (κ1) is 61.3. The lowest BCUT2D eigenvalue weighted by Crippen LogP contribution is -2.61. The van der Waals surface area contributed by atoms with Crippen molar-refractivity contribution in [1.29, 1.82) is 0 Å². The molecule has 5 heterocycles. The average Bonchev–Trinajstić information content (AvgIpc) is 0.988. The van der Waals surface area contributed by atoms with Crippen molar-refractivity contribution >= 4 is 123 Å². The summed E-state index contributed by atoms with van der Waals surface area (Å²) in [5, 5.41) is 7.38. The van der Waals surface area contributed by atoms with Gasteiger partial charge < -0.3 is 23.5 Å². The van der Waals surface area contributed by atoms with Gasteiger partial charge in [-0.3, -0.25) is 0 Å². The number of aromatic nitrogens is 3. The van der Waals surface area contributed by atoms with Crippen LogP contribution >= 0.6 is 0 Å². The molecule has 2 aliphatic rings. The van der Waals surface area contributed by atoms with E-state index in [0.717, 1.165) is 62.0 Å². The summed E-state index contributed by atoms with van der Waals surface area (Å²) in [5.74, 6) is 0. The van der Waals surface area contributed by atoms with Gasteiger partial charge in [-0.05, 0) is 175 Å². The van der Waals surface area contributed by atoms with Crippen LogP contribution in [0.2, 0.25) is 0 Å². The second kappa shape index (κ2) is 22.8. The largest absolute Gasteiger partial charge is 0.311 e. The third-order valence-corrected chi connectivity index (χ3v) is 22.1. The van der Waals surface area contributed by atoms with Gasteiger partial charge in [-0.15, -0.1) is 0 Å². The molecule has 0 unspecified atom stereocenters. The van der Waals surface area contributed by atoms with Crippen LogP contribution in [0.4, 0.5) is 34.1 Å². The molecule has 0 amide bonds. The third-order valence-electron chi connectivity index (χ3n) is 22.1. The van der Waals surface area contributed by atoms with Crippen molar-refractivity contribution in [3.63, 3.8) is 0 Å². The van der Waals surface area contributed by atoms with Gasteiger partial charge in [0, 0.05) is 88.8 Å². The third kappa shape index (κ3) is 9.52. The van der Waals surface area contributed by atoms with E-state index in [2.05, 4.69) is 395 Å². The lowest BCUT2D eigenvalue weighted by atomic mass is 9.33. The van der Waals surface area contributed by atoms with Crippen LogP contribution in [0.15, 0.2) is 309 Å². The van der Waals surface area contributed by atoms with Gasteiger partial charge in [0.05, 0.1) is 44.5 Å². The minimum atomic E-state index is -0.300. The Labute approximate surface area is 597 Å². The number of benzene rings is 14. The molecule has 5 nitrogen and oxygen atoms in total. The zero-order valence-electron chi connectivity index (χ0n) is 59.3. The molecule has 490 valence electrons. The van der Waals surface area contributed by atoms with E-state index in [1.54, 1.807) is 0 Å². The van der Waals surface area contributed by atoms with Crippen molar-refractivity contribution in [3.8, 4) is 50.4 Å². The maximum atomic E-state index is 2.72. The molecule has 6 heteroatoms. The highest BCUT2D eigenvalue weighted by molar-refractivity contribution is 7.00. The zero-order valence-corrected chi connectivity index (χ0v) is 59.3. The van der Waals surface area contributed by atoms with Gasteiger partial charge >= 0.3 is 0 Å². The summed E-state index contributed by atoms with van der Waals surface area (Å²) in [5.41, 5.74) is 31.3. The first-order valence-corrected chi connectivity index (χ1v) is 36.1. The van der Waals surface area contributed by atoms with Crippen LogP contribution in [0.5, 0.6) is 0 Å². The van der Waals surface area contributed by atoms with Crippen LogP contribution in [0.25, 0.3) is 116 Å². The lowest BCUT2D eigenvalue weighted by molar-refractivity contribution is 0.590. The number of hydrogen-bond donors (Lipinski definition) is 0. The van der Waals surface area contributed by atoms with Gasteiger partial charge in [-0.25, -0.2) is 0 Å². The number of fused-ring (bicyclic) bond motifs is 13. The van der Waals surface area contributed by atoms with Crippen LogP contribution < -0.4 is 26.2 Å². The predicted octanol–water partition coefficient (Wildman–Crippen LogP) is 24.0. The van der Waals surface area contributed by atoms with E-state index in [-0.39, 0.29) is 23.0 Å². The lowest BCUT2D eigenvalue weighted by Gasteiger charge is -2.46. The smallest absolute Gasteiger partial charge is 0.252 e. The Morgan fingerprint density at radius 1 is 0.235 bits per heavy atom. The zero-order chi connectivity index (χ0) is 69.1. The Morgan fingerprint density at radius 3 is 1.00 bits per heavy atom. The Morgan fingerprint density at radius 2 is 0.569 bits per heavy atom. The average molecular weight is 1310 g/mol. The first-order valence-electron chi connectivity index (χ1n) is 36.1. The highest BCUT2D eigenvalue weighted by Gasteiger charge is 2.46. The summed E-state index contributed by atoms with van der Waals surface area (Å²) in [6, 6.07) is 118. The molecule has 0 saturated heterocycles. The highest BCUT2D eigenvalue weighted by atomic mass is 15.2. The second-order valence-corrected chi connectivity index (χ2v) is 31.3. The van der Waals surface area contributed by atoms with Crippen molar-refractivity contribution in [1.82, 2.24) is 13.7 Å². The fourth-order valence-corrected chi connectivity index (χ4v) is 17.0. The van der Waals surface area contributed by atoms with Crippen LogP contribution in [0, 0.1) is 0 Å². The van der Waals surface area contributed by atoms with E-state index in [4.69, 9.17) is 0 Å². The summed E-state index contributed by atoms with van der Waals surface area (Å²) in [6.07, 6.45) is 0. The number of anilines is 6. The van der Waals surface area contributed by atoms with Crippen molar-refractivity contribution in [2.75, 3.05) is 9.80 Å². The molecule has 102 heavy (non-hydrogen) atoms. The molecule has 0 fully saturated rings. The Bertz CT molecular complexity index is 6100. The minimum Gasteiger partial charge on any atom is -0.311 e. The van der Waals surface area contributed by atoms with Gasteiger partial charge in [0.1, 0.15) is 0 Å². The molecule has 0 aliphatic carbocycles. The minimum absolute atomic E-state index is 0.124. The van der Waals surface area contributed by atoms with Gasteiger partial charge in [0.15, 0.2) is 0 Å². The normalized spacial score (nSPS) is 13.1. The summed E-state index contributed by atoms with van der Waals surface area (Å²) >= 11 is 0. The predicted molar refractivity (Wildman–Crippen MR) is 436 cm³/mol. The van der Waals surface area contributed by atoms with E-state index in [9.17, 15) is 0 Å². The highest BCUT2D eigenvalue weighted by Crippen LogP contribution is 2.54. The maximum Gasteiger partial charge on any atom is 0.252 e. The molecule has 3 aromatic heterocycles. The molecule has 0 radical (unpaired) electrons.